The van der Waals surface area contributed by atoms with Crippen LogP contribution in [-0.4, -0.2) is 63.7 Å². The van der Waals surface area contributed by atoms with E-state index in [1.807, 2.05) is 0 Å². The van der Waals surface area contributed by atoms with Crippen LogP contribution in [0, 0.1) is 0 Å². The van der Waals surface area contributed by atoms with E-state index in [4.69, 9.17) is 30.9 Å². The van der Waals surface area contributed by atoms with Gasteiger partial charge in [-0.3, -0.25) is 0 Å². The lowest BCUT2D eigenvalue weighted by molar-refractivity contribution is -0.116. The van der Waals surface area contributed by atoms with E-state index in [9.17, 15) is 20.1 Å². The Morgan fingerprint density at radius 1 is 1.38 bits per heavy atom. The number of phenols is 1. The number of aromatic hydroxyl groups is 1. The number of benzene rings is 1. The first-order chi connectivity index (χ1) is 11.3. The summed E-state index contributed by atoms with van der Waals surface area (Å²) in [6.45, 7) is 1.19. The van der Waals surface area contributed by atoms with E-state index in [-0.39, 0.29) is 22.1 Å². The molecule has 24 heavy (non-hydrogen) atoms. The van der Waals surface area contributed by atoms with Crippen LogP contribution in [-0.2, 0) is 15.9 Å². The number of hydrogen-bond acceptors (Lipinski definition) is 8. The molecule has 4 N–H and O–H groups in total. The fourth-order valence-corrected chi connectivity index (χ4v) is 3.11. The summed E-state index contributed by atoms with van der Waals surface area (Å²) in [5.74, 6) is -1.06. The number of phenolic OH excluding ortho intramolecular Hbond substituents is 1. The van der Waals surface area contributed by atoms with E-state index >= 15 is 0 Å². The molecule has 2 aliphatic heterocycles. The summed E-state index contributed by atoms with van der Waals surface area (Å²) >= 11 is 6.27. The third-order valence-electron chi connectivity index (χ3n) is 4.05. The normalized spacial score (nSPS) is 32.4. The molecule has 1 fully saturated rings. The lowest BCUT2D eigenvalue weighted by atomic mass is 9.97. The van der Waals surface area contributed by atoms with Gasteiger partial charge in [0.05, 0.1) is 11.6 Å². The van der Waals surface area contributed by atoms with Crippen molar-refractivity contribution in [2.75, 3.05) is 6.61 Å². The fourth-order valence-electron chi connectivity index (χ4n) is 2.84. The van der Waals surface area contributed by atoms with Crippen LogP contribution in [0.3, 0.4) is 0 Å². The summed E-state index contributed by atoms with van der Waals surface area (Å²) < 4.78 is 15.7. The van der Waals surface area contributed by atoms with Crippen molar-refractivity contribution < 1.29 is 39.4 Å². The van der Waals surface area contributed by atoms with E-state index in [0.29, 0.717) is 12.0 Å². The van der Waals surface area contributed by atoms with Gasteiger partial charge < -0.3 is 34.6 Å². The van der Waals surface area contributed by atoms with Gasteiger partial charge in [0.15, 0.2) is 0 Å². The number of esters is 1. The standard InChI is InChI=1S/C15H17ClO8/c1-5-2-6-10(14(21)22-5)7(18)3-8(11(6)16)23-15-13(20)12(19)9(4-17)24-15/h3,5,9,12-13,15,17-20H,2,4H2,1H3/t5-,9-,12-,13-,15+/m1/s1. The van der Waals surface area contributed by atoms with Crippen LogP contribution < -0.4 is 4.74 Å². The van der Waals surface area contributed by atoms with Crippen molar-refractivity contribution in [1.29, 1.82) is 0 Å². The second-order valence-electron chi connectivity index (χ2n) is 5.81. The molecule has 0 aromatic heterocycles. The number of rotatable bonds is 3. The van der Waals surface area contributed by atoms with E-state index in [1.165, 1.54) is 0 Å². The van der Waals surface area contributed by atoms with Crippen LogP contribution in [0.2, 0.25) is 5.02 Å². The van der Waals surface area contributed by atoms with Gasteiger partial charge in [0.1, 0.15) is 41.5 Å². The van der Waals surface area contributed by atoms with E-state index in [2.05, 4.69) is 0 Å². The summed E-state index contributed by atoms with van der Waals surface area (Å²) in [5, 5.41) is 38.9. The van der Waals surface area contributed by atoms with Gasteiger partial charge in [-0.1, -0.05) is 11.6 Å². The minimum Gasteiger partial charge on any atom is -0.507 e. The molecule has 0 radical (unpaired) electrons. The van der Waals surface area contributed by atoms with Gasteiger partial charge in [-0.05, 0) is 12.5 Å². The molecule has 9 heteroatoms. The van der Waals surface area contributed by atoms with Gasteiger partial charge in [0, 0.05) is 12.5 Å². The lowest BCUT2D eigenvalue weighted by Crippen LogP contribution is -2.35. The quantitative estimate of drug-likeness (QED) is 0.553. The van der Waals surface area contributed by atoms with Crippen molar-refractivity contribution in [3.05, 3.63) is 22.2 Å². The summed E-state index contributed by atoms with van der Waals surface area (Å²) in [7, 11) is 0. The first kappa shape index (κ1) is 17.2. The van der Waals surface area contributed by atoms with Crippen molar-refractivity contribution in [3.63, 3.8) is 0 Å². The number of halogens is 1. The van der Waals surface area contributed by atoms with Crippen LogP contribution in [0.4, 0.5) is 0 Å². The van der Waals surface area contributed by atoms with E-state index in [1.54, 1.807) is 6.92 Å². The molecule has 132 valence electrons. The van der Waals surface area contributed by atoms with Crippen molar-refractivity contribution in [3.8, 4) is 11.5 Å². The van der Waals surface area contributed by atoms with Crippen molar-refractivity contribution >= 4 is 17.6 Å². The monoisotopic (exact) mass is 360 g/mol. The minimum absolute atomic E-state index is 0.00958. The largest absolute Gasteiger partial charge is 0.507 e. The third kappa shape index (κ3) is 2.80. The molecular weight excluding hydrogens is 344 g/mol. The number of carbonyl (C=O) groups is 1. The summed E-state index contributed by atoms with van der Waals surface area (Å²) in [6, 6.07) is 1.12. The molecule has 2 heterocycles. The first-order valence-corrected chi connectivity index (χ1v) is 7.75. The molecule has 1 saturated heterocycles. The Morgan fingerprint density at radius 2 is 2.08 bits per heavy atom. The minimum atomic E-state index is -1.40. The molecule has 8 nitrogen and oxygen atoms in total. The van der Waals surface area contributed by atoms with Gasteiger partial charge in [-0.25, -0.2) is 4.79 Å². The second-order valence-corrected chi connectivity index (χ2v) is 6.18. The van der Waals surface area contributed by atoms with Gasteiger partial charge in [0.25, 0.3) is 0 Å². The number of aliphatic hydroxyl groups is 3. The maximum atomic E-state index is 11.9. The highest BCUT2D eigenvalue weighted by Gasteiger charge is 2.44. The molecule has 0 unspecified atom stereocenters. The van der Waals surface area contributed by atoms with Crippen LogP contribution in [0.25, 0.3) is 0 Å². The highest BCUT2D eigenvalue weighted by molar-refractivity contribution is 6.33. The average Bonchev–Trinajstić information content (AvgIpc) is 2.79. The van der Waals surface area contributed by atoms with Crippen molar-refractivity contribution in [2.45, 2.75) is 44.1 Å². The molecule has 5 atom stereocenters. The number of aliphatic hydroxyl groups excluding tert-OH is 3. The van der Waals surface area contributed by atoms with Gasteiger partial charge in [-0.15, -0.1) is 0 Å². The zero-order valence-electron chi connectivity index (χ0n) is 12.7. The second kappa shape index (κ2) is 6.38. The molecule has 0 spiro atoms. The first-order valence-electron chi connectivity index (χ1n) is 7.38. The Labute approximate surface area is 142 Å². The Morgan fingerprint density at radius 3 is 2.71 bits per heavy atom. The predicted molar refractivity (Wildman–Crippen MR) is 80.1 cm³/mol. The maximum absolute atomic E-state index is 11.9. The highest BCUT2D eigenvalue weighted by Crippen LogP contribution is 2.41. The molecule has 0 bridgehead atoms. The van der Waals surface area contributed by atoms with Crippen LogP contribution in [0.15, 0.2) is 6.07 Å². The smallest absolute Gasteiger partial charge is 0.342 e. The summed E-state index contributed by atoms with van der Waals surface area (Å²) in [5.41, 5.74) is 0.355. The van der Waals surface area contributed by atoms with E-state index < -0.39 is 43.3 Å². The number of carbonyl (C=O) groups excluding carboxylic acids is 1. The summed E-state index contributed by atoms with van der Waals surface area (Å²) in [4.78, 5) is 11.9. The number of ether oxygens (including phenoxy) is 3. The molecule has 1 aromatic carbocycles. The SMILES string of the molecule is C[C@@H]1Cc2c(Cl)c(O[C@H]3O[C@H](CO)[C@@H](O)[C@H]3O)cc(O)c2C(=O)O1. The number of cyclic esters (lactones) is 1. The highest BCUT2D eigenvalue weighted by atomic mass is 35.5. The molecule has 0 saturated carbocycles. The number of fused-ring (bicyclic) bond motifs is 1. The Hall–Kier alpha value is -1.58. The third-order valence-corrected chi connectivity index (χ3v) is 4.47. The summed E-state index contributed by atoms with van der Waals surface area (Å²) in [6.07, 6.45) is -5.11. The average molecular weight is 361 g/mol. The van der Waals surface area contributed by atoms with Crippen LogP contribution in [0.5, 0.6) is 11.5 Å². The van der Waals surface area contributed by atoms with E-state index in [0.717, 1.165) is 6.07 Å². The Balaban J connectivity index is 1.92. The Kier molecular flexibility index (Phi) is 4.58. The van der Waals surface area contributed by atoms with Crippen molar-refractivity contribution in [1.82, 2.24) is 0 Å². The van der Waals surface area contributed by atoms with Gasteiger partial charge in [0.2, 0.25) is 6.29 Å². The molecule has 1 aromatic rings. The molecule has 2 aliphatic rings. The predicted octanol–water partition coefficient (Wildman–Crippen LogP) is -0.0352. The molecule has 0 amide bonds. The molecule has 3 rings (SSSR count). The zero-order valence-corrected chi connectivity index (χ0v) is 13.4. The lowest BCUT2D eigenvalue weighted by Gasteiger charge is -2.25. The topological polar surface area (TPSA) is 126 Å². The molecular formula is C15H17ClO8. The van der Waals surface area contributed by atoms with Crippen LogP contribution in [0.1, 0.15) is 22.8 Å². The van der Waals surface area contributed by atoms with Gasteiger partial charge in [-0.2, -0.15) is 0 Å². The zero-order chi connectivity index (χ0) is 17.6. The molecule has 0 aliphatic carbocycles. The van der Waals surface area contributed by atoms with Gasteiger partial charge >= 0.3 is 5.97 Å². The fraction of sp³-hybridized carbons (Fsp3) is 0.533. The van der Waals surface area contributed by atoms with Crippen molar-refractivity contribution in [2.24, 2.45) is 0 Å². The number of hydrogen-bond donors (Lipinski definition) is 4. The van der Waals surface area contributed by atoms with Crippen LogP contribution >= 0.6 is 11.6 Å². The Bertz CT molecular complexity index is 663. The maximum Gasteiger partial charge on any atom is 0.342 e.